The van der Waals surface area contributed by atoms with Gasteiger partial charge in [-0.15, -0.1) is 0 Å². The molecule has 1 fully saturated rings. The Kier molecular flexibility index (Phi) is 6.39. The van der Waals surface area contributed by atoms with Gasteiger partial charge in [0.1, 0.15) is 18.2 Å². The van der Waals surface area contributed by atoms with E-state index in [2.05, 4.69) is 39.2 Å². The van der Waals surface area contributed by atoms with E-state index >= 15 is 0 Å². The van der Waals surface area contributed by atoms with E-state index in [1.54, 1.807) is 0 Å². The normalized spacial score (nSPS) is 15.5. The van der Waals surface area contributed by atoms with Crippen LogP contribution in [-0.2, 0) is 13.0 Å². The SMILES string of the molecule is CN1CCN(CCc2n[nH]c(=S)n2-c2ccc(OCc3ccccc3)cc2)CC1. The summed E-state index contributed by atoms with van der Waals surface area (Å²) in [6.07, 6.45) is 0.864. The maximum atomic E-state index is 5.89. The Bertz CT molecular complexity index is 959. The summed E-state index contributed by atoms with van der Waals surface area (Å²) in [5, 5.41) is 7.42. The van der Waals surface area contributed by atoms with Crippen LogP contribution in [0.3, 0.4) is 0 Å². The number of ether oxygens (including phenoxy) is 1. The molecule has 7 heteroatoms. The van der Waals surface area contributed by atoms with Crippen LogP contribution in [0, 0.1) is 4.77 Å². The van der Waals surface area contributed by atoms with Crippen molar-refractivity contribution in [3.63, 3.8) is 0 Å². The maximum absolute atomic E-state index is 5.89. The molecule has 0 bridgehead atoms. The van der Waals surface area contributed by atoms with Crippen molar-refractivity contribution in [2.45, 2.75) is 13.0 Å². The van der Waals surface area contributed by atoms with Crippen molar-refractivity contribution in [1.29, 1.82) is 0 Å². The molecule has 1 saturated heterocycles. The number of nitrogens with one attached hydrogen (secondary N) is 1. The third-order valence-electron chi connectivity index (χ3n) is 5.33. The zero-order valence-corrected chi connectivity index (χ0v) is 17.6. The Balaban J connectivity index is 1.40. The summed E-state index contributed by atoms with van der Waals surface area (Å²) in [4.78, 5) is 4.86. The highest BCUT2D eigenvalue weighted by Crippen LogP contribution is 2.18. The molecule has 6 nitrogen and oxygen atoms in total. The lowest BCUT2D eigenvalue weighted by atomic mass is 10.2. The third kappa shape index (κ3) is 5.12. The van der Waals surface area contributed by atoms with Crippen molar-refractivity contribution in [2.75, 3.05) is 39.8 Å². The lowest BCUT2D eigenvalue weighted by Gasteiger charge is -2.32. The van der Waals surface area contributed by atoms with E-state index in [0.717, 1.165) is 62.0 Å². The largest absolute Gasteiger partial charge is 0.489 e. The van der Waals surface area contributed by atoms with Gasteiger partial charge in [-0.05, 0) is 49.1 Å². The van der Waals surface area contributed by atoms with Gasteiger partial charge in [0.25, 0.3) is 0 Å². The molecule has 0 saturated carbocycles. The Morgan fingerprint density at radius 1 is 1.00 bits per heavy atom. The summed E-state index contributed by atoms with van der Waals surface area (Å²) in [6.45, 7) is 6.01. The molecular weight excluding hydrogens is 382 g/mol. The highest BCUT2D eigenvalue weighted by atomic mass is 32.1. The van der Waals surface area contributed by atoms with Crippen molar-refractivity contribution in [3.05, 3.63) is 70.8 Å². The van der Waals surface area contributed by atoms with E-state index in [1.807, 2.05) is 47.0 Å². The number of hydrogen-bond donors (Lipinski definition) is 1. The highest BCUT2D eigenvalue weighted by molar-refractivity contribution is 7.71. The lowest BCUT2D eigenvalue weighted by Crippen LogP contribution is -2.45. The van der Waals surface area contributed by atoms with Crippen molar-refractivity contribution in [2.24, 2.45) is 0 Å². The van der Waals surface area contributed by atoms with Gasteiger partial charge in [0.15, 0.2) is 4.77 Å². The van der Waals surface area contributed by atoms with Crippen LogP contribution in [0.5, 0.6) is 5.75 Å². The van der Waals surface area contributed by atoms with Crippen LogP contribution in [0.4, 0.5) is 0 Å². The van der Waals surface area contributed by atoms with Crippen LogP contribution >= 0.6 is 12.2 Å². The highest BCUT2D eigenvalue weighted by Gasteiger charge is 2.15. The van der Waals surface area contributed by atoms with Crippen LogP contribution in [0.25, 0.3) is 5.69 Å². The Hall–Kier alpha value is -2.48. The fraction of sp³-hybridized carbons (Fsp3) is 0.364. The second-order valence-corrected chi connectivity index (χ2v) is 7.83. The van der Waals surface area contributed by atoms with Gasteiger partial charge in [0, 0.05) is 44.8 Å². The molecule has 1 N–H and O–H groups in total. The first-order valence-corrected chi connectivity index (χ1v) is 10.4. The van der Waals surface area contributed by atoms with E-state index in [4.69, 9.17) is 17.0 Å². The number of hydrogen-bond acceptors (Lipinski definition) is 5. The molecule has 2 aromatic carbocycles. The summed E-state index contributed by atoms with van der Waals surface area (Å²) in [5.74, 6) is 1.80. The van der Waals surface area contributed by atoms with E-state index < -0.39 is 0 Å². The summed E-state index contributed by atoms with van der Waals surface area (Å²) < 4.78 is 8.53. The number of rotatable bonds is 7. The van der Waals surface area contributed by atoms with Gasteiger partial charge in [0.05, 0.1) is 0 Å². The van der Waals surface area contributed by atoms with Crippen molar-refractivity contribution < 1.29 is 4.74 Å². The van der Waals surface area contributed by atoms with Gasteiger partial charge >= 0.3 is 0 Å². The monoisotopic (exact) mass is 409 g/mol. The molecule has 2 heterocycles. The summed E-state index contributed by atoms with van der Waals surface area (Å²) in [5.41, 5.74) is 2.16. The summed E-state index contributed by atoms with van der Waals surface area (Å²) >= 11 is 5.48. The average molecular weight is 410 g/mol. The Labute approximate surface area is 176 Å². The third-order valence-corrected chi connectivity index (χ3v) is 5.61. The van der Waals surface area contributed by atoms with Gasteiger partial charge in [-0.25, -0.2) is 0 Å². The minimum atomic E-state index is 0.557. The zero-order valence-electron chi connectivity index (χ0n) is 16.8. The maximum Gasteiger partial charge on any atom is 0.199 e. The number of aromatic nitrogens is 3. The molecule has 1 aliphatic heterocycles. The Morgan fingerprint density at radius 3 is 2.45 bits per heavy atom. The minimum Gasteiger partial charge on any atom is -0.489 e. The summed E-state index contributed by atoms with van der Waals surface area (Å²) in [7, 11) is 2.18. The smallest absolute Gasteiger partial charge is 0.199 e. The topological polar surface area (TPSA) is 49.3 Å². The Morgan fingerprint density at radius 2 is 1.72 bits per heavy atom. The minimum absolute atomic E-state index is 0.557. The predicted molar refractivity (Wildman–Crippen MR) is 117 cm³/mol. The molecule has 29 heavy (non-hydrogen) atoms. The number of H-pyrrole nitrogens is 1. The molecule has 1 aromatic heterocycles. The van der Waals surface area contributed by atoms with E-state index in [9.17, 15) is 0 Å². The van der Waals surface area contributed by atoms with Crippen LogP contribution < -0.4 is 4.74 Å². The molecule has 4 rings (SSSR count). The molecule has 0 radical (unpaired) electrons. The van der Waals surface area contributed by atoms with Crippen LogP contribution in [0.15, 0.2) is 54.6 Å². The van der Waals surface area contributed by atoms with Crippen LogP contribution in [-0.4, -0.2) is 64.3 Å². The van der Waals surface area contributed by atoms with Crippen molar-refractivity contribution >= 4 is 12.2 Å². The quantitative estimate of drug-likeness (QED) is 0.607. The number of piperazine rings is 1. The second-order valence-electron chi connectivity index (χ2n) is 7.44. The molecule has 0 amide bonds. The first-order chi connectivity index (χ1) is 14.2. The number of aromatic amines is 1. The molecular formula is C22H27N5OS. The molecule has 0 spiro atoms. The van der Waals surface area contributed by atoms with Crippen LogP contribution in [0.2, 0.25) is 0 Å². The molecule has 0 atom stereocenters. The molecule has 152 valence electrons. The molecule has 0 aliphatic carbocycles. The number of nitrogens with zero attached hydrogens (tertiary/aromatic N) is 4. The van der Waals surface area contributed by atoms with E-state index in [0.29, 0.717) is 11.4 Å². The van der Waals surface area contributed by atoms with Crippen molar-refractivity contribution in [1.82, 2.24) is 24.6 Å². The number of benzene rings is 2. The molecule has 0 unspecified atom stereocenters. The number of likely N-dealkylation sites (N-methyl/N-ethyl adjacent to an activating group) is 1. The van der Waals surface area contributed by atoms with Crippen molar-refractivity contribution in [3.8, 4) is 11.4 Å². The first kappa shape index (κ1) is 19.8. The lowest BCUT2D eigenvalue weighted by molar-refractivity contribution is 0.155. The van der Waals surface area contributed by atoms with E-state index in [-0.39, 0.29) is 0 Å². The predicted octanol–water partition coefficient (Wildman–Crippen LogP) is 3.30. The first-order valence-electron chi connectivity index (χ1n) is 10.0. The zero-order chi connectivity index (χ0) is 20.1. The fourth-order valence-electron chi connectivity index (χ4n) is 3.53. The second kappa shape index (κ2) is 9.35. The van der Waals surface area contributed by atoms with Gasteiger partial charge < -0.3 is 14.5 Å². The fourth-order valence-corrected chi connectivity index (χ4v) is 3.78. The standard InChI is InChI=1S/C22H27N5OS/c1-25-13-15-26(16-14-25)12-11-21-23-24-22(29)27(21)19-7-9-20(10-8-19)28-17-18-5-3-2-4-6-18/h2-10H,11-17H2,1H3,(H,24,29). The average Bonchev–Trinajstić information content (AvgIpc) is 3.13. The van der Waals surface area contributed by atoms with Gasteiger partial charge in [0.2, 0.25) is 0 Å². The molecule has 1 aliphatic rings. The van der Waals surface area contributed by atoms with Gasteiger partial charge in [-0.1, -0.05) is 30.3 Å². The molecule has 3 aromatic rings. The van der Waals surface area contributed by atoms with E-state index in [1.165, 1.54) is 0 Å². The van der Waals surface area contributed by atoms with Gasteiger partial charge in [-0.2, -0.15) is 5.10 Å². The van der Waals surface area contributed by atoms with Crippen LogP contribution in [0.1, 0.15) is 11.4 Å². The summed E-state index contributed by atoms with van der Waals surface area (Å²) in [6, 6.07) is 18.2. The van der Waals surface area contributed by atoms with Gasteiger partial charge in [-0.3, -0.25) is 9.67 Å².